The van der Waals surface area contributed by atoms with Crippen LogP contribution in [0, 0.1) is 11.3 Å². The van der Waals surface area contributed by atoms with E-state index in [1.807, 2.05) is 55.4 Å². The first-order chi connectivity index (χ1) is 12.9. The fourth-order valence-corrected chi connectivity index (χ4v) is 3.23. The third-order valence-corrected chi connectivity index (χ3v) is 5.18. The molecule has 0 aliphatic heterocycles. The van der Waals surface area contributed by atoms with Gasteiger partial charge in [-0.15, -0.1) is 0 Å². The number of carbonyl (C=O) groups is 2. The molecule has 1 fully saturated rings. The van der Waals surface area contributed by atoms with E-state index in [-0.39, 0.29) is 30.1 Å². The maximum Gasteiger partial charge on any atom is 0.311 e. The van der Waals surface area contributed by atoms with E-state index >= 15 is 0 Å². The highest BCUT2D eigenvalue weighted by Crippen LogP contribution is 2.34. The Hall–Kier alpha value is -1.14. The SMILES string of the molecule is CCOC(C)OC1CC(CC(=O)OC(C)(C)C)CCC1OC(=O)C(C)(C)CC. The lowest BCUT2D eigenvalue weighted by molar-refractivity contribution is -0.208. The Morgan fingerprint density at radius 2 is 1.68 bits per heavy atom. The summed E-state index contributed by atoms with van der Waals surface area (Å²) < 4.78 is 22.9. The molecule has 164 valence electrons. The summed E-state index contributed by atoms with van der Waals surface area (Å²) in [7, 11) is 0. The van der Waals surface area contributed by atoms with Crippen molar-refractivity contribution in [1.82, 2.24) is 0 Å². The van der Waals surface area contributed by atoms with E-state index in [4.69, 9.17) is 18.9 Å². The van der Waals surface area contributed by atoms with Gasteiger partial charge < -0.3 is 18.9 Å². The van der Waals surface area contributed by atoms with Gasteiger partial charge in [0.2, 0.25) is 0 Å². The van der Waals surface area contributed by atoms with Crippen molar-refractivity contribution in [2.75, 3.05) is 6.61 Å². The van der Waals surface area contributed by atoms with Gasteiger partial charge in [-0.2, -0.15) is 0 Å². The molecular weight excluding hydrogens is 360 g/mol. The first-order valence-corrected chi connectivity index (χ1v) is 10.6. The van der Waals surface area contributed by atoms with Crippen molar-refractivity contribution in [1.29, 1.82) is 0 Å². The van der Waals surface area contributed by atoms with E-state index in [2.05, 4.69) is 0 Å². The van der Waals surface area contributed by atoms with Gasteiger partial charge >= 0.3 is 11.9 Å². The van der Waals surface area contributed by atoms with Gasteiger partial charge in [0, 0.05) is 13.0 Å². The molecule has 0 heterocycles. The molecule has 0 aromatic rings. The van der Waals surface area contributed by atoms with Gasteiger partial charge in [-0.3, -0.25) is 9.59 Å². The summed E-state index contributed by atoms with van der Waals surface area (Å²) in [5.74, 6) is -0.261. The van der Waals surface area contributed by atoms with E-state index in [0.717, 1.165) is 6.42 Å². The van der Waals surface area contributed by atoms with Crippen LogP contribution in [0.3, 0.4) is 0 Å². The molecular formula is C22H40O6. The zero-order valence-corrected chi connectivity index (χ0v) is 19.0. The molecule has 0 aromatic carbocycles. The number of esters is 2. The molecule has 6 nitrogen and oxygen atoms in total. The Bertz CT molecular complexity index is 508. The molecule has 0 aromatic heterocycles. The van der Waals surface area contributed by atoms with Crippen LogP contribution in [0.15, 0.2) is 0 Å². The van der Waals surface area contributed by atoms with E-state index < -0.39 is 17.3 Å². The van der Waals surface area contributed by atoms with E-state index in [1.165, 1.54) is 0 Å². The topological polar surface area (TPSA) is 71.1 Å². The number of hydrogen-bond donors (Lipinski definition) is 0. The Morgan fingerprint density at radius 3 is 2.21 bits per heavy atom. The van der Waals surface area contributed by atoms with Gasteiger partial charge in [0.25, 0.3) is 0 Å². The van der Waals surface area contributed by atoms with Crippen molar-refractivity contribution in [3.8, 4) is 0 Å². The summed E-state index contributed by atoms with van der Waals surface area (Å²) in [5, 5.41) is 0. The minimum absolute atomic E-state index is 0.141. The number of carbonyl (C=O) groups excluding carboxylic acids is 2. The Morgan fingerprint density at radius 1 is 1.04 bits per heavy atom. The standard InChI is InChI=1S/C22H40O6/c1-9-22(7,8)20(24)27-17-12-11-16(14-19(23)28-21(4,5)6)13-18(17)26-15(3)25-10-2/h15-18H,9-14H2,1-8H3. The molecule has 0 saturated heterocycles. The lowest BCUT2D eigenvalue weighted by atomic mass is 9.82. The summed E-state index contributed by atoms with van der Waals surface area (Å²) in [6.45, 7) is 15.7. The average molecular weight is 401 g/mol. The molecule has 1 rings (SSSR count). The zero-order chi connectivity index (χ0) is 21.5. The minimum Gasteiger partial charge on any atom is -0.460 e. The Kier molecular flexibility index (Phi) is 9.41. The minimum atomic E-state index is -0.524. The largest absolute Gasteiger partial charge is 0.460 e. The normalized spacial score (nSPS) is 24.5. The summed E-state index contributed by atoms with van der Waals surface area (Å²) in [6.07, 6.45) is 2.16. The van der Waals surface area contributed by atoms with Gasteiger partial charge in [0.1, 0.15) is 11.7 Å². The van der Waals surface area contributed by atoms with Crippen molar-refractivity contribution in [3.63, 3.8) is 0 Å². The quantitative estimate of drug-likeness (QED) is 0.415. The second kappa shape index (κ2) is 10.6. The monoisotopic (exact) mass is 400 g/mol. The molecule has 0 N–H and O–H groups in total. The van der Waals surface area contributed by atoms with Crippen LogP contribution in [0.5, 0.6) is 0 Å². The van der Waals surface area contributed by atoms with Crippen LogP contribution >= 0.6 is 0 Å². The Labute approximate surface area is 170 Å². The van der Waals surface area contributed by atoms with E-state index in [1.54, 1.807) is 0 Å². The second-order valence-corrected chi connectivity index (χ2v) is 9.35. The Balaban J connectivity index is 2.78. The van der Waals surface area contributed by atoms with Crippen molar-refractivity contribution in [2.45, 2.75) is 112 Å². The van der Waals surface area contributed by atoms with Gasteiger partial charge in [0.05, 0.1) is 11.5 Å². The van der Waals surface area contributed by atoms with Crippen molar-refractivity contribution in [3.05, 3.63) is 0 Å². The number of hydrogen-bond acceptors (Lipinski definition) is 6. The molecule has 0 radical (unpaired) electrons. The lowest BCUT2D eigenvalue weighted by Crippen LogP contribution is -2.43. The van der Waals surface area contributed by atoms with Crippen molar-refractivity contribution >= 4 is 11.9 Å². The van der Waals surface area contributed by atoms with Crippen LogP contribution in [0.2, 0.25) is 0 Å². The molecule has 1 aliphatic carbocycles. The molecule has 4 unspecified atom stereocenters. The van der Waals surface area contributed by atoms with Crippen LogP contribution in [-0.2, 0) is 28.5 Å². The molecule has 1 aliphatic rings. The van der Waals surface area contributed by atoms with Crippen LogP contribution < -0.4 is 0 Å². The number of ether oxygens (including phenoxy) is 4. The summed E-state index contributed by atoms with van der Waals surface area (Å²) in [5.41, 5.74) is -1.02. The third kappa shape index (κ3) is 8.48. The van der Waals surface area contributed by atoms with Crippen molar-refractivity contribution < 1.29 is 28.5 Å². The fourth-order valence-electron chi connectivity index (χ4n) is 3.23. The molecule has 4 atom stereocenters. The smallest absolute Gasteiger partial charge is 0.311 e. The van der Waals surface area contributed by atoms with Crippen LogP contribution in [0.4, 0.5) is 0 Å². The summed E-state index contributed by atoms with van der Waals surface area (Å²) in [4.78, 5) is 24.8. The zero-order valence-electron chi connectivity index (χ0n) is 19.0. The third-order valence-electron chi connectivity index (χ3n) is 5.18. The number of rotatable bonds is 9. The molecule has 0 bridgehead atoms. The first kappa shape index (κ1) is 24.9. The van der Waals surface area contributed by atoms with Gasteiger partial charge in [-0.05, 0) is 80.1 Å². The van der Waals surface area contributed by atoms with Crippen molar-refractivity contribution in [2.24, 2.45) is 11.3 Å². The van der Waals surface area contributed by atoms with Gasteiger partial charge in [-0.25, -0.2) is 0 Å². The maximum absolute atomic E-state index is 12.6. The summed E-state index contributed by atoms with van der Waals surface area (Å²) >= 11 is 0. The van der Waals surface area contributed by atoms with Crippen LogP contribution in [0.25, 0.3) is 0 Å². The highest BCUT2D eigenvalue weighted by molar-refractivity contribution is 5.76. The molecule has 6 heteroatoms. The van der Waals surface area contributed by atoms with Gasteiger partial charge in [-0.1, -0.05) is 6.92 Å². The fraction of sp³-hybridized carbons (Fsp3) is 0.909. The molecule has 0 spiro atoms. The van der Waals surface area contributed by atoms with Gasteiger partial charge in [0.15, 0.2) is 6.29 Å². The molecule has 1 saturated carbocycles. The summed E-state index contributed by atoms with van der Waals surface area (Å²) in [6, 6.07) is 0. The maximum atomic E-state index is 12.6. The van der Waals surface area contributed by atoms with E-state index in [9.17, 15) is 9.59 Å². The second-order valence-electron chi connectivity index (χ2n) is 9.35. The van der Waals surface area contributed by atoms with E-state index in [0.29, 0.717) is 32.3 Å². The van der Waals surface area contributed by atoms with Crippen LogP contribution in [0.1, 0.15) is 87.5 Å². The lowest BCUT2D eigenvalue weighted by Gasteiger charge is -2.38. The molecule has 28 heavy (non-hydrogen) atoms. The predicted octanol–water partition coefficient (Wildman–Crippen LogP) is 4.63. The van der Waals surface area contributed by atoms with Crippen LogP contribution in [-0.4, -0.2) is 42.6 Å². The predicted molar refractivity (Wildman–Crippen MR) is 108 cm³/mol. The molecule has 0 amide bonds. The average Bonchev–Trinajstić information content (AvgIpc) is 2.55. The first-order valence-electron chi connectivity index (χ1n) is 10.6. The highest BCUT2D eigenvalue weighted by Gasteiger charge is 2.38. The highest BCUT2D eigenvalue weighted by atomic mass is 16.7.